The summed E-state index contributed by atoms with van der Waals surface area (Å²) in [6, 6.07) is 13.5. The van der Waals surface area contributed by atoms with E-state index in [2.05, 4.69) is 15.3 Å². The Morgan fingerprint density at radius 1 is 1.25 bits per heavy atom. The van der Waals surface area contributed by atoms with Crippen LogP contribution in [0.15, 0.2) is 53.8 Å². The number of azide groups is 1. The predicted molar refractivity (Wildman–Crippen MR) is 76.3 cm³/mol. The van der Waals surface area contributed by atoms with Crippen LogP contribution in [0.5, 0.6) is 0 Å². The lowest BCUT2D eigenvalue weighted by Gasteiger charge is -2.09. The van der Waals surface area contributed by atoms with Crippen LogP contribution in [0, 0.1) is 0 Å². The van der Waals surface area contributed by atoms with E-state index in [1.165, 1.54) is 0 Å². The van der Waals surface area contributed by atoms with E-state index in [0.29, 0.717) is 18.8 Å². The number of hydrogen-bond acceptors (Lipinski definition) is 2. The quantitative estimate of drug-likeness (QED) is 0.372. The molecule has 0 aliphatic rings. The predicted octanol–water partition coefficient (Wildman–Crippen LogP) is 2.58. The van der Waals surface area contributed by atoms with Crippen molar-refractivity contribution in [3.63, 3.8) is 0 Å². The van der Waals surface area contributed by atoms with E-state index in [-0.39, 0.29) is 12.5 Å². The highest BCUT2D eigenvalue weighted by molar-refractivity contribution is 5.92. The Kier molecular flexibility index (Phi) is 4.81. The van der Waals surface area contributed by atoms with Gasteiger partial charge in [0.15, 0.2) is 0 Å². The standard InChI is InChI=1S/C14H15N5O/c15-18-17-9-8-16-14(20)13-7-4-10-19(13)11-12-5-2-1-3-6-12/h1-7,10H,8-9,11H2,(H,16,20). The van der Waals surface area contributed by atoms with Crippen LogP contribution in [0.3, 0.4) is 0 Å². The molecular formula is C14H15N5O. The minimum absolute atomic E-state index is 0.168. The van der Waals surface area contributed by atoms with Crippen molar-refractivity contribution in [2.75, 3.05) is 13.1 Å². The minimum Gasteiger partial charge on any atom is -0.351 e. The van der Waals surface area contributed by atoms with E-state index >= 15 is 0 Å². The molecule has 6 nitrogen and oxygen atoms in total. The van der Waals surface area contributed by atoms with Gasteiger partial charge in [0.1, 0.15) is 5.69 Å². The van der Waals surface area contributed by atoms with Gasteiger partial charge in [-0.3, -0.25) is 4.79 Å². The number of benzene rings is 1. The van der Waals surface area contributed by atoms with Crippen molar-refractivity contribution in [2.24, 2.45) is 5.11 Å². The summed E-state index contributed by atoms with van der Waals surface area (Å²) < 4.78 is 1.89. The molecule has 0 aliphatic heterocycles. The largest absolute Gasteiger partial charge is 0.351 e. The number of carbonyl (C=O) groups is 1. The van der Waals surface area contributed by atoms with Gasteiger partial charge < -0.3 is 9.88 Å². The molecule has 102 valence electrons. The lowest BCUT2D eigenvalue weighted by Crippen LogP contribution is -2.28. The highest BCUT2D eigenvalue weighted by Crippen LogP contribution is 2.07. The average Bonchev–Trinajstić information content (AvgIpc) is 2.93. The van der Waals surface area contributed by atoms with Crippen LogP contribution < -0.4 is 5.32 Å². The zero-order valence-electron chi connectivity index (χ0n) is 10.9. The molecule has 0 spiro atoms. The van der Waals surface area contributed by atoms with Crippen molar-refractivity contribution in [1.82, 2.24) is 9.88 Å². The molecule has 0 aliphatic carbocycles. The van der Waals surface area contributed by atoms with Gasteiger partial charge in [-0.2, -0.15) is 0 Å². The molecule has 0 radical (unpaired) electrons. The van der Waals surface area contributed by atoms with Crippen LogP contribution >= 0.6 is 0 Å². The van der Waals surface area contributed by atoms with Crippen LogP contribution in [-0.4, -0.2) is 23.6 Å². The van der Waals surface area contributed by atoms with Gasteiger partial charge in [-0.25, -0.2) is 0 Å². The van der Waals surface area contributed by atoms with Crippen molar-refractivity contribution in [3.05, 3.63) is 70.4 Å². The number of carbonyl (C=O) groups excluding carboxylic acids is 1. The van der Waals surface area contributed by atoms with Crippen LogP contribution in [0.2, 0.25) is 0 Å². The topological polar surface area (TPSA) is 82.8 Å². The first kappa shape index (κ1) is 13.7. The maximum Gasteiger partial charge on any atom is 0.267 e. The molecule has 2 rings (SSSR count). The van der Waals surface area contributed by atoms with Crippen LogP contribution in [0.1, 0.15) is 16.1 Å². The number of nitrogens with zero attached hydrogens (tertiary/aromatic N) is 4. The summed E-state index contributed by atoms with van der Waals surface area (Å²) in [6.07, 6.45) is 1.87. The fourth-order valence-electron chi connectivity index (χ4n) is 1.89. The van der Waals surface area contributed by atoms with Gasteiger partial charge >= 0.3 is 0 Å². The Balaban J connectivity index is 2.01. The molecule has 0 saturated carbocycles. The number of rotatable bonds is 6. The fourth-order valence-corrected chi connectivity index (χ4v) is 1.89. The molecule has 1 aromatic carbocycles. The zero-order valence-corrected chi connectivity index (χ0v) is 10.9. The Labute approximate surface area is 116 Å². The van der Waals surface area contributed by atoms with Crippen molar-refractivity contribution >= 4 is 5.91 Å². The van der Waals surface area contributed by atoms with Crippen molar-refractivity contribution in [2.45, 2.75) is 6.54 Å². The van der Waals surface area contributed by atoms with Gasteiger partial charge in [-0.05, 0) is 23.2 Å². The molecule has 1 amide bonds. The Bertz CT molecular complexity index is 614. The Morgan fingerprint density at radius 3 is 2.80 bits per heavy atom. The third kappa shape index (κ3) is 3.63. The number of nitrogens with one attached hydrogen (secondary N) is 1. The van der Waals surface area contributed by atoms with Crippen molar-refractivity contribution < 1.29 is 4.79 Å². The molecule has 20 heavy (non-hydrogen) atoms. The Hall–Kier alpha value is -2.72. The summed E-state index contributed by atoms with van der Waals surface area (Å²) in [5, 5.41) is 6.10. The summed E-state index contributed by atoms with van der Waals surface area (Å²) in [5.74, 6) is -0.168. The lowest BCUT2D eigenvalue weighted by atomic mass is 10.2. The normalized spacial score (nSPS) is 9.80. The zero-order chi connectivity index (χ0) is 14.2. The van der Waals surface area contributed by atoms with Crippen LogP contribution in [0.25, 0.3) is 10.4 Å². The summed E-state index contributed by atoms with van der Waals surface area (Å²) in [6.45, 7) is 1.23. The molecule has 1 heterocycles. The van der Waals surface area contributed by atoms with Gasteiger partial charge in [0.05, 0.1) is 0 Å². The van der Waals surface area contributed by atoms with E-state index in [1.54, 1.807) is 6.07 Å². The van der Waals surface area contributed by atoms with E-state index in [0.717, 1.165) is 5.56 Å². The van der Waals surface area contributed by atoms with Gasteiger partial charge in [0, 0.05) is 30.7 Å². The third-order valence-electron chi connectivity index (χ3n) is 2.82. The van der Waals surface area contributed by atoms with E-state index in [9.17, 15) is 4.79 Å². The fraction of sp³-hybridized carbons (Fsp3) is 0.214. The smallest absolute Gasteiger partial charge is 0.267 e. The maximum absolute atomic E-state index is 12.0. The molecule has 0 fully saturated rings. The maximum atomic E-state index is 12.0. The second kappa shape index (κ2) is 7.01. The van der Waals surface area contributed by atoms with Crippen molar-refractivity contribution in [1.29, 1.82) is 0 Å². The highest BCUT2D eigenvalue weighted by Gasteiger charge is 2.09. The lowest BCUT2D eigenvalue weighted by molar-refractivity contribution is 0.0946. The third-order valence-corrected chi connectivity index (χ3v) is 2.82. The molecule has 0 atom stereocenters. The SMILES string of the molecule is [N-]=[N+]=NCCNC(=O)c1cccn1Cc1ccccc1. The van der Waals surface area contributed by atoms with Crippen LogP contribution in [0.4, 0.5) is 0 Å². The number of amides is 1. The van der Waals surface area contributed by atoms with E-state index in [4.69, 9.17) is 5.53 Å². The van der Waals surface area contributed by atoms with Gasteiger partial charge in [-0.1, -0.05) is 35.4 Å². The van der Waals surface area contributed by atoms with Gasteiger partial charge in [0.25, 0.3) is 5.91 Å². The first-order valence-electron chi connectivity index (χ1n) is 6.29. The molecule has 6 heteroatoms. The molecule has 2 aromatic rings. The second-order valence-corrected chi connectivity index (χ2v) is 4.22. The second-order valence-electron chi connectivity index (χ2n) is 4.22. The van der Waals surface area contributed by atoms with E-state index < -0.39 is 0 Å². The number of aromatic nitrogens is 1. The molecule has 0 unspecified atom stereocenters. The number of hydrogen-bond donors (Lipinski definition) is 1. The summed E-state index contributed by atoms with van der Waals surface area (Å²) in [5.41, 5.74) is 9.89. The minimum atomic E-state index is -0.168. The average molecular weight is 269 g/mol. The Morgan fingerprint density at radius 2 is 2.05 bits per heavy atom. The molecule has 0 bridgehead atoms. The van der Waals surface area contributed by atoms with Gasteiger partial charge in [0.2, 0.25) is 0 Å². The highest BCUT2D eigenvalue weighted by atomic mass is 16.1. The molecule has 0 saturated heterocycles. The summed E-state index contributed by atoms with van der Waals surface area (Å²) in [7, 11) is 0. The summed E-state index contributed by atoms with van der Waals surface area (Å²) >= 11 is 0. The van der Waals surface area contributed by atoms with Crippen molar-refractivity contribution in [3.8, 4) is 0 Å². The van der Waals surface area contributed by atoms with Gasteiger partial charge in [-0.15, -0.1) is 0 Å². The molecule has 1 N–H and O–H groups in total. The van der Waals surface area contributed by atoms with E-state index in [1.807, 2.05) is 47.2 Å². The monoisotopic (exact) mass is 269 g/mol. The molecule has 1 aromatic heterocycles. The first-order chi connectivity index (χ1) is 9.81. The molecular weight excluding hydrogens is 254 g/mol. The summed E-state index contributed by atoms with van der Waals surface area (Å²) in [4.78, 5) is 14.7. The van der Waals surface area contributed by atoms with Crippen LogP contribution in [-0.2, 0) is 6.54 Å². The first-order valence-corrected chi connectivity index (χ1v) is 6.29.